The second-order valence-electron chi connectivity index (χ2n) is 4.27. The van der Waals surface area contributed by atoms with Gasteiger partial charge in [0.05, 0.1) is 25.5 Å². The smallest absolute Gasteiger partial charge is 0.123 e. The number of rotatable bonds is 6. The lowest BCUT2D eigenvalue weighted by molar-refractivity contribution is -0.0393. The highest BCUT2D eigenvalue weighted by molar-refractivity contribution is 5.15. The maximum atomic E-state index is 5.88. The normalized spacial score (nSPS) is 17.5. The minimum absolute atomic E-state index is 0.339. The van der Waals surface area contributed by atoms with Crippen molar-refractivity contribution in [1.29, 1.82) is 0 Å². The average Bonchev–Trinajstić information content (AvgIpc) is 2.82. The summed E-state index contributed by atoms with van der Waals surface area (Å²) in [5, 5.41) is 3.26. The SMILES string of the molecule is CCNCc1occc1COC1CCOCC1. The van der Waals surface area contributed by atoms with Crippen LogP contribution in [0.2, 0.25) is 0 Å². The molecule has 0 aromatic carbocycles. The van der Waals surface area contributed by atoms with Crippen LogP contribution >= 0.6 is 0 Å². The number of nitrogens with one attached hydrogen (secondary N) is 1. The quantitative estimate of drug-likeness (QED) is 0.825. The number of furan rings is 1. The van der Waals surface area contributed by atoms with Crippen LogP contribution in [0.25, 0.3) is 0 Å². The van der Waals surface area contributed by atoms with Gasteiger partial charge in [-0.15, -0.1) is 0 Å². The van der Waals surface area contributed by atoms with Gasteiger partial charge in [-0.3, -0.25) is 0 Å². The molecule has 4 heteroatoms. The summed E-state index contributed by atoms with van der Waals surface area (Å²) < 4.78 is 16.6. The van der Waals surface area contributed by atoms with E-state index < -0.39 is 0 Å². The molecule has 0 bridgehead atoms. The van der Waals surface area contributed by atoms with Gasteiger partial charge in [-0.05, 0) is 25.5 Å². The predicted octanol–water partition coefficient (Wildman–Crippen LogP) is 2.08. The molecule has 17 heavy (non-hydrogen) atoms. The Morgan fingerprint density at radius 1 is 1.41 bits per heavy atom. The second kappa shape index (κ2) is 6.79. The van der Waals surface area contributed by atoms with E-state index in [1.807, 2.05) is 6.07 Å². The van der Waals surface area contributed by atoms with Crippen molar-refractivity contribution in [1.82, 2.24) is 5.32 Å². The van der Waals surface area contributed by atoms with Crippen molar-refractivity contribution in [3.05, 3.63) is 23.7 Å². The molecular formula is C13H21NO3. The second-order valence-corrected chi connectivity index (χ2v) is 4.27. The Hall–Kier alpha value is -0.840. The molecular weight excluding hydrogens is 218 g/mol. The van der Waals surface area contributed by atoms with Gasteiger partial charge < -0.3 is 19.2 Å². The van der Waals surface area contributed by atoms with Crippen molar-refractivity contribution in [2.75, 3.05) is 19.8 Å². The van der Waals surface area contributed by atoms with Crippen LogP contribution < -0.4 is 5.32 Å². The molecule has 1 aromatic rings. The highest BCUT2D eigenvalue weighted by Crippen LogP contribution is 2.16. The van der Waals surface area contributed by atoms with Gasteiger partial charge in [0.1, 0.15) is 5.76 Å². The summed E-state index contributed by atoms with van der Waals surface area (Å²) in [6.07, 6.45) is 4.07. The van der Waals surface area contributed by atoms with Crippen molar-refractivity contribution in [2.45, 2.75) is 39.0 Å². The monoisotopic (exact) mass is 239 g/mol. The maximum Gasteiger partial charge on any atom is 0.123 e. The molecule has 0 aliphatic carbocycles. The van der Waals surface area contributed by atoms with E-state index in [1.165, 1.54) is 0 Å². The van der Waals surface area contributed by atoms with Crippen LogP contribution in [0.4, 0.5) is 0 Å². The molecule has 1 aliphatic heterocycles. The molecule has 0 amide bonds. The van der Waals surface area contributed by atoms with E-state index in [9.17, 15) is 0 Å². The number of ether oxygens (including phenoxy) is 2. The fourth-order valence-corrected chi connectivity index (χ4v) is 1.94. The molecule has 0 radical (unpaired) electrons. The van der Waals surface area contributed by atoms with E-state index in [4.69, 9.17) is 13.9 Å². The third-order valence-corrected chi connectivity index (χ3v) is 3.02. The first-order chi connectivity index (χ1) is 8.40. The fraction of sp³-hybridized carbons (Fsp3) is 0.692. The molecule has 1 aromatic heterocycles. The van der Waals surface area contributed by atoms with Gasteiger partial charge in [0, 0.05) is 18.8 Å². The van der Waals surface area contributed by atoms with Gasteiger partial charge in [-0.25, -0.2) is 0 Å². The summed E-state index contributed by atoms with van der Waals surface area (Å²) in [5.74, 6) is 0.985. The Labute approximate surface area is 102 Å². The first kappa shape index (κ1) is 12.6. The molecule has 96 valence electrons. The van der Waals surface area contributed by atoms with Crippen molar-refractivity contribution in [3.8, 4) is 0 Å². The minimum atomic E-state index is 0.339. The molecule has 0 spiro atoms. The molecule has 1 saturated heterocycles. The van der Waals surface area contributed by atoms with Gasteiger partial charge in [0.15, 0.2) is 0 Å². The highest BCUT2D eigenvalue weighted by atomic mass is 16.5. The van der Waals surface area contributed by atoms with Crippen LogP contribution in [-0.2, 0) is 22.6 Å². The fourth-order valence-electron chi connectivity index (χ4n) is 1.94. The first-order valence-corrected chi connectivity index (χ1v) is 6.35. The van der Waals surface area contributed by atoms with Crippen molar-refractivity contribution < 1.29 is 13.9 Å². The Balaban J connectivity index is 1.79. The maximum absolute atomic E-state index is 5.88. The summed E-state index contributed by atoms with van der Waals surface area (Å²) in [6.45, 7) is 6.08. The molecule has 0 atom stereocenters. The Morgan fingerprint density at radius 3 is 3.00 bits per heavy atom. The van der Waals surface area contributed by atoms with Crippen molar-refractivity contribution in [3.63, 3.8) is 0 Å². The van der Waals surface area contributed by atoms with Crippen LogP contribution in [0.1, 0.15) is 31.1 Å². The lowest BCUT2D eigenvalue weighted by Crippen LogP contribution is -2.23. The van der Waals surface area contributed by atoms with Gasteiger partial charge in [0.25, 0.3) is 0 Å². The van der Waals surface area contributed by atoms with E-state index in [0.717, 1.165) is 50.5 Å². The van der Waals surface area contributed by atoms with Gasteiger partial charge in [-0.1, -0.05) is 6.92 Å². The van der Waals surface area contributed by atoms with E-state index in [1.54, 1.807) is 6.26 Å². The van der Waals surface area contributed by atoms with Gasteiger partial charge in [0.2, 0.25) is 0 Å². The molecule has 1 aliphatic rings. The Kier molecular flexibility index (Phi) is 5.04. The standard InChI is InChI=1S/C13H21NO3/c1-2-14-9-13-11(3-8-16-13)10-17-12-4-6-15-7-5-12/h3,8,12,14H,2,4-7,9-10H2,1H3. The molecule has 0 unspecified atom stereocenters. The third kappa shape index (κ3) is 3.84. The molecule has 0 saturated carbocycles. The van der Waals surface area contributed by atoms with Crippen molar-refractivity contribution >= 4 is 0 Å². The summed E-state index contributed by atoms with van der Waals surface area (Å²) in [6, 6.07) is 1.99. The zero-order valence-electron chi connectivity index (χ0n) is 10.4. The van der Waals surface area contributed by atoms with Crippen LogP contribution in [0.5, 0.6) is 0 Å². The lowest BCUT2D eigenvalue weighted by atomic mass is 10.1. The topological polar surface area (TPSA) is 43.6 Å². The summed E-state index contributed by atoms with van der Waals surface area (Å²) >= 11 is 0. The Morgan fingerprint density at radius 2 is 2.24 bits per heavy atom. The zero-order chi connectivity index (χ0) is 11.9. The predicted molar refractivity (Wildman–Crippen MR) is 64.7 cm³/mol. The largest absolute Gasteiger partial charge is 0.468 e. The average molecular weight is 239 g/mol. The van der Waals surface area contributed by atoms with E-state index in [2.05, 4.69) is 12.2 Å². The first-order valence-electron chi connectivity index (χ1n) is 6.35. The molecule has 4 nitrogen and oxygen atoms in total. The van der Waals surface area contributed by atoms with E-state index in [-0.39, 0.29) is 0 Å². The Bertz CT molecular complexity index is 318. The number of hydrogen-bond acceptors (Lipinski definition) is 4. The van der Waals surface area contributed by atoms with Crippen LogP contribution in [0.3, 0.4) is 0 Å². The van der Waals surface area contributed by atoms with Crippen LogP contribution in [0, 0.1) is 0 Å². The highest BCUT2D eigenvalue weighted by Gasteiger charge is 2.15. The summed E-state index contributed by atoms with van der Waals surface area (Å²) in [4.78, 5) is 0. The van der Waals surface area contributed by atoms with Gasteiger partial charge in [-0.2, -0.15) is 0 Å². The summed E-state index contributed by atoms with van der Waals surface area (Å²) in [5.41, 5.74) is 1.15. The number of hydrogen-bond donors (Lipinski definition) is 1. The van der Waals surface area contributed by atoms with E-state index >= 15 is 0 Å². The molecule has 1 fully saturated rings. The van der Waals surface area contributed by atoms with Crippen molar-refractivity contribution in [2.24, 2.45) is 0 Å². The van der Waals surface area contributed by atoms with E-state index in [0.29, 0.717) is 12.7 Å². The van der Waals surface area contributed by atoms with Crippen LogP contribution in [-0.4, -0.2) is 25.9 Å². The van der Waals surface area contributed by atoms with Crippen LogP contribution in [0.15, 0.2) is 16.7 Å². The third-order valence-electron chi connectivity index (χ3n) is 3.02. The zero-order valence-corrected chi connectivity index (χ0v) is 10.4. The van der Waals surface area contributed by atoms with Gasteiger partial charge >= 0.3 is 0 Å². The minimum Gasteiger partial charge on any atom is -0.468 e. The molecule has 2 heterocycles. The molecule has 2 rings (SSSR count). The lowest BCUT2D eigenvalue weighted by Gasteiger charge is -2.22. The molecule has 1 N–H and O–H groups in total. The summed E-state index contributed by atoms with van der Waals surface area (Å²) in [7, 11) is 0.